The van der Waals surface area contributed by atoms with Gasteiger partial charge in [0.05, 0.1) is 0 Å². The molecule has 1 rings (SSSR count). The Bertz CT molecular complexity index is 310. The Kier molecular flexibility index (Phi) is 1.63. The fraction of sp³-hybridized carbons (Fsp3) is 0. The fourth-order valence-electron chi connectivity index (χ4n) is 0.447. The SMILES string of the molecule is O=S(=O)([O-])C1=NC=C[C+]=C1. The molecule has 1 heterocycles. The van der Waals surface area contributed by atoms with Gasteiger partial charge >= 0.3 is 0 Å². The lowest BCUT2D eigenvalue weighted by molar-refractivity contribution is 0.478. The van der Waals surface area contributed by atoms with Gasteiger partial charge < -0.3 is 4.55 Å². The predicted octanol–water partition coefficient (Wildman–Crippen LogP) is -0.183. The zero-order valence-electron chi connectivity index (χ0n) is 4.81. The molecule has 0 saturated carbocycles. The van der Waals surface area contributed by atoms with E-state index in [2.05, 4.69) is 11.1 Å². The summed E-state index contributed by atoms with van der Waals surface area (Å²) in [6, 6.07) is 0. The lowest BCUT2D eigenvalue weighted by Gasteiger charge is -1.98. The lowest BCUT2D eigenvalue weighted by Crippen LogP contribution is -2.11. The van der Waals surface area contributed by atoms with Crippen molar-refractivity contribution in [1.82, 2.24) is 0 Å². The average Bonchev–Trinajstić information content (AvgIpc) is 1.88. The summed E-state index contributed by atoms with van der Waals surface area (Å²) < 4.78 is 30.6. The van der Waals surface area contributed by atoms with E-state index >= 15 is 0 Å². The highest BCUT2D eigenvalue weighted by atomic mass is 32.2. The molecule has 0 unspecified atom stereocenters. The minimum absolute atomic E-state index is 0.491. The van der Waals surface area contributed by atoms with Gasteiger partial charge in [0, 0.05) is 6.08 Å². The van der Waals surface area contributed by atoms with Gasteiger partial charge in [-0.1, -0.05) is 0 Å². The standard InChI is InChI=1S/C5H3NO3S/c7-10(8,9)5-3-1-2-4-6-5/h2-4H. The van der Waals surface area contributed by atoms with Gasteiger partial charge in [-0.2, -0.15) is 0 Å². The molecule has 0 saturated heterocycles. The van der Waals surface area contributed by atoms with Gasteiger partial charge in [0.25, 0.3) is 5.04 Å². The largest absolute Gasteiger partial charge is 0.732 e. The molecule has 0 amide bonds. The molecule has 0 radical (unpaired) electrons. The van der Waals surface area contributed by atoms with Crippen LogP contribution in [0.1, 0.15) is 0 Å². The zero-order valence-corrected chi connectivity index (χ0v) is 5.63. The van der Waals surface area contributed by atoms with E-state index in [1.807, 2.05) is 0 Å². The van der Waals surface area contributed by atoms with Gasteiger partial charge in [-0.3, -0.25) is 0 Å². The van der Waals surface area contributed by atoms with Gasteiger partial charge in [0.15, 0.2) is 10.1 Å². The Morgan fingerprint density at radius 3 is 2.60 bits per heavy atom. The smallest absolute Gasteiger partial charge is 0.258 e. The zero-order chi connectivity index (χ0) is 7.61. The molecule has 1 aliphatic rings. The van der Waals surface area contributed by atoms with Crippen molar-refractivity contribution in [3.8, 4) is 0 Å². The second-order valence-electron chi connectivity index (χ2n) is 1.55. The van der Waals surface area contributed by atoms with Crippen LogP contribution in [0, 0.1) is 6.08 Å². The molecule has 0 bridgehead atoms. The molecule has 0 aliphatic carbocycles. The van der Waals surface area contributed by atoms with Crippen LogP contribution >= 0.6 is 0 Å². The first-order valence-electron chi connectivity index (χ1n) is 2.39. The third-order valence-corrected chi connectivity index (χ3v) is 1.57. The molecule has 0 N–H and O–H groups in total. The summed E-state index contributed by atoms with van der Waals surface area (Å²) in [5, 5.41) is -0.491. The van der Waals surface area contributed by atoms with Crippen LogP contribution in [-0.4, -0.2) is 18.0 Å². The molecular formula is C5H3NO3S. The van der Waals surface area contributed by atoms with Gasteiger partial charge in [0.2, 0.25) is 0 Å². The Hall–Kier alpha value is -1.03. The van der Waals surface area contributed by atoms with Crippen LogP contribution in [0.5, 0.6) is 0 Å². The Morgan fingerprint density at radius 2 is 2.30 bits per heavy atom. The average molecular weight is 157 g/mol. The van der Waals surface area contributed by atoms with Crippen LogP contribution in [0.25, 0.3) is 0 Å². The molecule has 0 aromatic rings. The summed E-state index contributed by atoms with van der Waals surface area (Å²) in [5.74, 6) is 0. The first-order valence-corrected chi connectivity index (χ1v) is 3.79. The van der Waals surface area contributed by atoms with Crippen LogP contribution < -0.4 is 0 Å². The van der Waals surface area contributed by atoms with Gasteiger partial charge in [-0.05, 0) is 0 Å². The number of aliphatic imine (C=N–C) groups is 1. The highest BCUT2D eigenvalue weighted by Gasteiger charge is 2.12. The van der Waals surface area contributed by atoms with Crippen molar-refractivity contribution >= 4 is 15.2 Å². The second-order valence-corrected chi connectivity index (χ2v) is 2.87. The van der Waals surface area contributed by atoms with Crippen molar-refractivity contribution < 1.29 is 13.0 Å². The number of hydrogen-bond donors (Lipinski definition) is 0. The molecule has 0 spiro atoms. The monoisotopic (exact) mass is 157 g/mol. The predicted molar refractivity (Wildman–Crippen MR) is 34.1 cm³/mol. The van der Waals surface area contributed by atoms with Gasteiger partial charge in [0.1, 0.15) is 18.4 Å². The topological polar surface area (TPSA) is 69.6 Å². The maximum atomic E-state index is 10.2. The van der Waals surface area contributed by atoms with Crippen LogP contribution in [0.3, 0.4) is 0 Å². The molecular weight excluding hydrogens is 154 g/mol. The summed E-state index contributed by atoms with van der Waals surface area (Å²) >= 11 is 0. The molecule has 0 atom stereocenters. The molecule has 0 fully saturated rings. The normalized spacial score (nSPS) is 16.3. The van der Waals surface area contributed by atoms with E-state index < -0.39 is 15.2 Å². The van der Waals surface area contributed by atoms with E-state index in [1.54, 1.807) is 0 Å². The van der Waals surface area contributed by atoms with E-state index in [0.717, 1.165) is 6.08 Å². The van der Waals surface area contributed by atoms with E-state index in [9.17, 15) is 13.0 Å². The first kappa shape index (κ1) is 7.08. The summed E-state index contributed by atoms with van der Waals surface area (Å²) in [5.41, 5.74) is 0. The highest BCUT2D eigenvalue weighted by Crippen LogP contribution is 1.97. The van der Waals surface area contributed by atoms with Crippen LogP contribution in [0.15, 0.2) is 23.3 Å². The number of rotatable bonds is 0. The number of nitrogens with zero attached hydrogens (tertiary/aromatic N) is 1. The third-order valence-electron chi connectivity index (χ3n) is 0.835. The van der Waals surface area contributed by atoms with E-state index in [0.29, 0.717) is 0 Å². The van der Waals surface area contributed by atoms with Crippen molar-refractivity contribution in [3.63, 3.8) is 0 Å². The van der Waals surface area contributed by atoms with Crippen molar-refractivity contribution in [1.29, 1.82) is 0 Å². The van der Waals surface area contributed by atoms with E-state index in [4.69, 9.17) is 0 Å². The van der Waals surface area contributed by atoms with E-state index in [-0.39, 0.29) is 0 Å². The van der Waals surface area contributed by atoms with Crippen molar-refractivity contribution in [2.75, 3.05) is 0 Å². The van der Waals surface area contributed by atoms with Crippen molar-refractivity contribution in [2.24, 2.45) is 4.99 Å². The fourth-order valence-corrected chi connectivity index (χ4v) is 0.849. The highest BCUT2D eigenvalue weighted by molar-refractivity contribution is 8.01. The van der Waals surface area contributed by atoms with Crippen LogP contribution in [0.4, 0.5) is 0 Å². The number of allylic oxidation sites excluding steroid dienone is 2. The summed E-state index contributed by atoms with van der Waals surface area (Å²) in [4.78, 5) is 3.32. The molecule has 10 heavy (non-hydrogen) atoms. The maximum Gasteiger partial charge on any atom is 0.258 e. The van der Waals surface area contributed by atoms with Crippen molar-refractivity contribution in [3.05, 3.63) is 24.4 Å². The summed E-state index contributed by atoms with van der Waals surface area (Å²) in [6.07, 6.45) is 6.07. The molecule has 1 aliphatic heterocycles. The Balaban J connectivity index is 3.08. The minimum Gasteiger partial charge on any atom is -0.732 e. The maximum absolute atomic E-state index is 10.2. The minimum atomic E-state index is -4.40. The summed E-state index contributed by atoms with van der Waals surface area (Å²) in [6.45, 7) is 0. The summed E-state index contributed by atoms with van der Waals surface area (Å²) in [7, 11) is -4.40. The van der Waals surface area contributed by atoms with E-state index in [1.165, 1.54) is 12.3 Å². The molecule has 4 nitrogen and oxygen atoms in total. The van der Waals surface area contributed by atoms with Crippen LogP contribution in [0.2, 0.25) is 0 Å². The molecule has 0 aromatic heterocycles. The van der Waals surface area contributed by atoms with Gasteiger partial charge in [-0.15, -0.1) is 4.99 Å². The van der Waals surface area contributed by atoms with Crippen molar-refractivity contribution in [2.45, 2.75) is 0 Å². The second kappa shape index (κ2) is 2.30. The van der Waals surface area contributed by atoms with Crippen LogP contribution in [-0.2, 0) is 10.1 Å². The number of hydrogen-bond acceptors (Lipinski definition) is 4. The quantitative estimate of drug-likeness (QED) is 0.361. The Morgan fingerprint density at radius 1 is 1.60 bits per heavy atom. The Labute approximate surface area is 58.3 Å². The third kappa shape index (κ3) is 1.48. The lowest BCUT2D eigenvalue weighted by atomic mass is 10.4. The van der Waals surface area contributed by atoms with Gasteiger partial charge in [-0.25, -0.2) is 8.42 Å². The molecule has 0 aromatic carbocycles. The first-order chi connectivity index (χ1) is 4.61. The molecule has 52 valence electrons. The molecule has 5 heteroatoms.